The zero-order valence-electron chi connectivity index (χ0n) is 27.5. The highest BCUT2D eigenvalue weighted by Crippen LogP contribution is 2.47. The number of fused-ring (bicyclic) bond motifs is 2. The summed E-state index contributed by atoms with van der Waals surface area (Å²) < 4.78 is 38.9. The summed E-state index contributed by atoms with van der Waals surface area (Å²) in [5, 5.41) is 5.68. The van der Waals surface area contributed by atoms with Crippen LogP contribution in [0.5, 0.6) is 11.6 Å². The van der Waals surface area contributed by atoms with E-state index in [1.165, 1.54) is 9.80 Å². The Bertz CT molecular complexity index is 1510. The van der Waals surface area contributed by atoms with Crippen LogP contribution in [0.4, 0.5) is 4.79 Å². The summed E-state index contributed by atoms with van der Waals surface area (Å²) in [5.41, 5.74) is -1.48. The largest absolute Gasteiger partial charge is 0.488 e. The first kappa shape index (κ1) is 34.5. The van der Waals surface area contributed by atoms with Crippen molar-refractivity contribution in [2.24, 2.45) is 5.92 Å². The van der Waals surface area contributed by atoms with E-state index in [2.05, 4.69) is 20.3 Å². The van der Waals surface area contributed by atoms with E-state index >= 15 is 0 Å². The highest BCUT2D eigenvalue weighted by atomic mass is 32.2. The molecule has 5 amide bonds. The maximum absolute atomic E-state index is 14.2. The molecule has 258 valence electrons. The second-order valence-corrected chi connectivity index (χ2v) is 15.6. The molecule has 14 nitrogen and oxygen atoms in total. The van der Waals surface area contributed by atoms with Crippen molar-refractivity contribution in [3.63, 3.8) is 0 Å². The first-order valence-corrected chi connectivity index (χ1v) is 17.9. The quantitative estimate of drug-likeness (QED) is 0.348. The Morgan fingerprint density at radius 3 is 2.66 bits per heavy atom. The van der Waals surface area contributed by atoms with Gasteiger partial charge < -0.3 is 29.9 Å². The molecule has 3 heterocycles. The minimum absolute atomic E-state index is 0.0484. The van der Waals surface area contributed by atoms with Gasteiger partial charge in [-0.3, -0.25) is 19.1 Å². The predicted molar refractivity (Wildman–Crippen MR) is 172 cm³/mol. The van der Waals surface area contributed by atoms with Crippen LogP contribution in [0.2, 0.25) is 0 Å². The van der Waals surface area contributed by atoms with Crippen molar-refractivity contribution >= 4 is 33.8 Å². The summed E-state index contributed by atoms with van der Waals surface area (Å²) in [4.78, 5) is 61.6. The molecule has 5 rings (SSSR count). The Morgan fingerprint density at radius 1 is 1.19 bits per heavy atom. The minimum Gasteiger partial charge on any atom is -0.488 e. The molecule has 0 aromatic carbocycles. The maximum atomic E-state index is 14.2. The number of carbonyl (C=O) groups excluding carboxylic acids is 4. The van der Waals surface area contributed by atoms with E-state index in [1.54, 1.807) is 39.3 Å². The number of ether oxygens (including phenoxy) is 2. The summed E-state index contributed by atoms with van der Waals surface area (Å²) in [6.45, 7) is 3.89. The lowest BCUT2D eigenvalue weighted by Gasteiger charge is -2.30. The average molecular weight is 675 g/mol. The molecular weight excluding hydrogens is 628 g/mol. The van der Waals surface area contributed by atoms with Gasteiger partial charge in [0, 0.05) is 38.7 Å². The number of aromatic nitrogens is 1. The monoisotopic (exact) mass is 674 g/mol. The van der Waals surface area contributed by atoms with Gasteiger partial charge in [-0.2, -0.15) is 0 Å². The van der Waals surface area contributed by atoms with Gasteiger partial charge in [-0.05, 0) is 58.4 Å². The molecule has 0 unspecified atom stereocenters. The fourth-order valence-corrected chi connectivity index (χ4v) is 7.42. The first-order chi connectivity index (χ1) is 22.3. The summed E-state index contributed by atoms with van der Waals surface area (Å²) in [6, 6.07) is 0.919. The Kier molecular flexibility index (Phi) is 10.0. The topological polar surface area (TPSA) is 176 Å². The molecule has 2 aliphatic heterocycles. The maximum Gasteiger partial charge on any atom is 0.317 e. The summed E-state index contributed by atoms with van der Waals surface area (Å²) >= 11 is 0. The van der Waals surface area contributed by atoms with Crippen LogP contribution in [0.3, 0.4) is 0 Å². The van der Waals surface area contributed by atoms with E-state index in [9.17, 15) is 27.6 Å². The van der Waals surface area contributed by atoms with E-state index in [0.717, 1.165) is 19.3 Å². The third-order valence-electron chi connectivity index (χ3n) is 9.48. The van der Waals surface area contributed by atoms with Crippen LogP contribution < -0.4 is 24.8 Å². The number of nitrogens with one attached hydrogen (secondary N) is 3. The predicted octanol–water partition coefficient (Wildman–Crippen LogP) is 1.86. The van der Waals surface area contributed by atoms with E-state index in [-0.39, 0.29) is 19.4 Å². The Hall–Kier alpha value is -3.88. The van der Waals surface area contributed by atoms with Crippen LogP contribution in [0.25, 0.3) is 0 Å². The molecule has 0 bridgehead atoms. The zero-order valence-corrected chi connectivity index (χ0v) is 28.3. The number of hydrogen-bond donors (Lipinski definition) is 3. The zero-order chi connectivity index (χ0) is 34.0. The number of pyridine rings is 1. The van der Waals surface area contributed by atoms with E-state index in [1.807, 2.05) is 19.1 Å². The summed E-state index contributed by atoms with van der Waals surface area (Å²) in [6.07, 6.45) is 9.39. The average Bonchev–Trinajstić information content (AvgIpc) is 3.89. The van der Waals surface area contributed by atoms with Gasteiger partial charge in [0.2, 0.25) is 27.7 Å². The van der Waals surface area contributed by atoms with E-state index in [0.29, 0.717) is 43.9 Å². The van der Waals surface area contributed by atoms with Crippen molar-refractivity contribution in [2.75, 3.05) is 27.2 Å². The number of rotatable bonds is 8. The van der Waals surface area contributed by atoms with Gasteiger partial charge >= 0.3 is 6.03 Å². The summed E-state index contributed by atoms with van der Waals surface area (Å²) in [7, 11) is -0.785. The number of urea groups is 1. The number of nitrogens with zero attached hydrogens (tertiary/aromatic N) is 3. The van der Waals surface area contributed by atoms with Gasteiger partial charge in [0.25, 0.3) is 5.91 Å². The van der Waals surface area contributed by atoms with Gasteiger partial charge in [-0.15, -0.1) is 0 Å². The Morgan fingerprint density at radius 2 is 1.96 bits per heavy atom. The molecule has 0 radical (unpaired) electrons. The van der Waals surface area contributed by atoms with E-state index in [4.69, 9.17) is 9.47 Å². The van der Waals surface area contributed by atoms with Crippen molar-refractivity contribution in [1.29, 1.82) is 0 Å². The third kappa shape index (κ3) is 7.65. The van der Waals surface area contributed by atoms with Crippen molar-refractivity contribution in [3.8, 4) is 11.6 Å². The van der Waals surface area contributed by atoms with E-state index < -0.39 is 68.2 Å². The number of amides is 5. The Balaban J connectivity index is 1.44. The number of carbonyl (C=O) groups is 4. The molecule has 3 N–H and O–H groups in total. The third-order valence-corrected chi connectivity index (χ3v) is 11.6. The van der Waals surface area contributed by atoms with Crippen LogP contribution in [0.15, 0.2) is 30.5 Å². The van der Waals surface area contributed by atoms with Crippen LogP contribution in [0.1, 0.15) is 71.6 Å². The number of hydrogen-bond acceptors (Lipinski definition) is 9. The second kappa shape index (κ2) is 13.7. The highest BCUT2D eigenvalue weighted by molar-refractivity contribution is 7.91. The van der Waals surface area contributed by atoms with Crippen molar-refractivity contribution in [3.05, 3.63) is 30.5 Å². The molecule has 2 aliphatic carbocycles. The standard InChI is InChI=1S/C32H46N6O8S/c1-5-45-26-18-22(13-16-33-26)46-23-17-25-27(39)35-32(29(41)36-47(43,44)31(2)14-15-31)19-21(32)11-9-7-6-8-10-12-24(28(40)38(25)20-23)34-30(42)37(3)4/h9,11,13,16,18,21,23-25H,5-8,10,12,14-15,17,19-20H2,1-4H3,(H,34,42)(H,35,39)(H,36,41)/b11-9-/t21-,23-,24+,25+,32-/m1/s1. The minimum atomic E-state index is -3.95. The molecule has 4 aliphatic rings. The van der Waals surface area contributed by atoms with Crippen LogP contribution in [0, 0.1) is 5.92 Å². The molecule has 1 aromatic heterocycles. The SMILES string of the molecule is CCOc1cc(O[C@@H]2C[C@H]3C(=O)N[C@]4(C(=O)NS(=O)(=O)C5(C)CC5)C[C@H]4/C=C\CCCCC[C@H](NC(=O)N(C)C)C(=O)N3C2)ccn1. The smallest absolute Gasteiger partial charge is 0.317 e. The molecule has 5 atom stereocenters. The molecule has 15 heteroatoms. The lowest BCUT2D eigenvalue weighted by molar-refractivity contribution is -0.141. The first-order valence-electron chi connectivity index (χ1n) is 16.4. The van der Waals surface area contributed by atoms with Gasteiger partial charge in [-0.25, -0.2) is 18.2 Å². The van der Waals surface area contributed by atoms with Crippen molar-refractivity contribution in [2.45, 2.75) is 100 Å². The van der Waals surface area contributed by atoms with Crippen molar-refractivity contribution in [1.82, 2.24) is 30.1 Å². The molecule has 1 saturated heterocycles. The normalized spacial score (nSPS) is 29.5. The van der Waals surface area contributed by atoms with Crippen LogP contribution >= 0.6 is 0 Å². The number of sulfonamides is 1. The molecule has 0 spiro atoms. The Labute approximate surface area is 276 Å². The second-order valence-electron chi connectivity index (χ2n) is 13.4. The summed E-state index contributed by atoms with van der Waals surface area (Å²) in [5.74, 6) is -1.39. The highest BCUT2D eigenvalue weighted by Gasteiger charge is 2.63. The van der Waals surface area contributed by atoms with Gasteiger partial charge in [-0.1, -0.05) is 25.0 Å². The van der Waals surface area contributed by atoms with Gasteiger partial charge in [0.1, 0.15) is 29.5 Å². The number of allylic oxidation sites excluding steroid dienone is 1. The lowest BCUT2D eigenvalue weighted by Crippen LogP contribution is -2.59. The molecule has 3 fully saturated rings. The van der Waals surface area contributed by atoms with Crippen molar-refractivity contribution < 1.29 is 37.1 Å². The van der Waals surface area contributed by atoms with Crippen LogP contribution in [-0.2, 0) is 24.4 Å². The molecule has 47 heavy (non-hydrogen) atoms. The molecule has 2 saturated carbocycles. The fourth-order valence-electron chi connectivity index (χ4n) is 6.11. The molecule has 1 aromatic rings. The lowest BCUT2D eigenvalue weighted by atomic mass is 10.0. The van der Waals surface area contributed by atoms with Gasteiger partial charge in [0.15, 0.2) is 0 Å². The molecular formula is C32H46N6O8S. The van der Waals surface area contributed by atoms with Crippen LogP contribution in [-0.4, -0.2) is 103 Å². The fraction of sp³-hybridized carbons (Fsp3) is 0.656. The van der Waals surface area contributed by atoms with Gasteiger partial charge in [0.05, 0.1) is 17.9 Å².